The number of hydrogen-bond acceptors (Lipinski definition) is 8. The average Bonchev–Trinajstić information content (AvgIpc) is 2.48. The molecule has 0 N–H and O–H groups in total. The number of benzene rings is 1. The third-order valence-corrected chi connectivity index (χ3v) is 3.30. The van der Waals surface area contributed by atoms with Gasteiger partial charge in [-0.05, 0) is 24.5 Å². The predicted molar refractivity (Wildman–Crippen MR) is 79.7 cm³/mol. The zero-order chi connectivity index (χ0) is 17.5. The second kappa shape index (κ2) is 8.44. The molecule has 0 unspecified atom stereocenters. The monoisotopic (exact) mass is 347 g/mol. The lowest BCUT2D eigenvalue weighted by atomic mass is 10.1. The Bertz CT molecular complexity index is 671. The first-order valence-corrected chi connectivity index (χ1v) is 8.36. The number of carbonyl (C=O) groups excluding carboxylic acids is 1. The summed E-state index contributed by atoms with van der Waals surface area (Å²) in [6.07, 6.45) is 1.73. The van der Waals surface area contributed by atoms with E-state index in [1.165, 1.54) is 19.2 Å². The molecule has 128 valence electrons. The van der Waals surface area contributed by atoms with Crippen LogP contribution in [-0.4, -0.2) is 45.9 Å². The lowest BCUT2D eigenvalue weighted by molar-refractivity contribution is -0.385. The van der Waals surface area contributed by atoms with Gasteiger partial charge in [0.2, 0.25) is 0 Å². The standard InChI is InChI=1S/C13H17NO8S/c1-20-13(15)9-21-12-6-5-10(8-11(12)14(16)17)4-3-7-22-23(2,18)19/h5-6,8H,3-4,7,9H2,1-2H3. The number of ether oxygens (including phenoxy) is 2. The molecule has 0 amide bonds. The summed E-state index contributed by atoms with van der Waals surface area (Å²) in [6, 6.07) is 4.29. The quantitative estimate of drug-likeness (QED) is 0.214. The fourth-order valence-electron chi connectivity index (χ4n) is 1.67. The zero-order valence-electron chi connectivity index (χ0n) is 12.7. The van der Waals surface area contributed by atoms with E-state index in [2.05, 4.69) is 8.92 Å². The Kier molecular flexibility index (Phi) is 6.91. The van der Waals surface area contributed by atoms with Crippen LogP contribution in [0.5, 0.6) is 5.75 Å². The summed E-state index contributed by atoms with van der Waals surface area (Å²) in [7, 11) is -2.31. The van der Waals surface area contributed by atoms with Gasteiger partial charge in [-0.3, -0.25) is 14.3 Å². The second-order valence-corrected chi connectivity index (χ2v) is 6.20. The van der Waals surface area contributed by atoms with E-state index in [9.17, 15) is 23.3 Å². The zero-order valence-corrected chi connectivity index (χ0v) is 13.5. The number of rotatable bonds is 9. The molecular weight excluding hydrogens is 330 g/mol. The molecule has 0 aliphatic heterocycles. The van der Waals surface area contributed by atoms with Gasteiger partial charge in [0.1, 0.15) is 0 Å². The van der Waals surface area contributed by atoms with Gasteiger partial charge in [-0.2, -0.15) is 8.42 Å². The van der Waals surface area contributed by atoms with Crippen molar-refractivity contribution in [1.29, 1.82) is 0 Å². The van der Waals surface area contributed by atoms with E-state index in [0.29, 0.717) is 18.4 Å². The summed E-state index contributed by atoms with van der Waals surface area (Å²) < 4.78 is 35.7. The molecule has 9 nitrogen and oxygen atoms in total. The van der Waals surface area contributed by atoms with Crippen molar-refractivity contribution in [2.45, 2.75) is 12.8 Å². The molecule has 0 saturated carbocycles. The Hall–Kier alpha value is -2.20. The van der Waals surface area contributed by atoms with Crippen molar-refractivity contribution < 1.29 is 31.8 Å². The lowest BCUT2D eigenvalue weighted by Crippen LogP contribution is -2.13. The number of carbonyl (C=O) groups is 1. The molecule has 0 spiro atoms. The summed E-state index contributed by atoms with van der Waals surface area (Å²) in [4.78, 5) is 21.4. The molecule has 0 aliphatic rings. The van der Waals surface area contributed by atoms with Crippen molar-refractivity contribution >= 4 is 21.8 Å². The minimum atomic E-state index is -3.50. The molecule has 1 aromatic carbocycles. The van der Waals surface area contributed by atoms with Crippen LogP contribution in [0.1, 0.15) is 12.0 Å². The fraction of sp³-hybridized carbons (Fsp3) is 0.462. The Morgan fingerprint density at radius 1 is 1.35 bits per heavy atom. The second-order valence-electron chi connectivity index (χ2n) is 4.55. The van der Waals surface area contributed by atoms with Gasteiger partial charge >= 0.3 is 11.7 Å². The number of esters is 1. The molecule has 0 atom stereocenters. The summed E-state index contributed by atoms with van der Waals surface area (Å²) in [5, 5.41) is 11.1. The first-order chi connectivity index (χ1) is 10.7. The predicted octanol–water partition coefficient (Wildman–Crippen LogP) is 1.06. The maximum Gasteiger partial charge on any atom is 0.343 e. The summed E-state index contributed by atoms with van der Waals surface area (Å²) in [5.41, 5.74) is 0.342. The van der Waals surface area contributed by atoms with E-state index in [1.807, 2.05) is 0 Å². The van der Waals surface area contributed by atoms with E-state index in [4.69, 9.17) is 4.74 Å². The highest BCUT2D eigenvalue weighted by Crippen LogP contribution is 2.28. The minimum Gasteiger partial charge on any atom is -0.475 e. The number of aryl methyl sites for hydroxylation is 1. The van der Waals surface area contributed by atoms with Gasteiger partial charge < -0.3 is 9.47 Å². The van der Waals surface area contributed by atoms with E-state index >= 15 is 0 Å². The molecule has 23 heavy (non-hydrogen) atoms. The van der Waals surface area contributed by atoms with Crippen LogP contribution in [0, 0.1) is 10.1 Å². The maximum atomic E-state index is 11.1. The Labute approximate surface area is 133 Å². The Morgan fingerprint density at radius 3 is 2.61 bits per heavy atom. The largest absolute Gasteiger partial charge is 0.475 e. The van der Waals surface area contributed by atoms with Crippen LogP contribution < -0.4 is 4.74 Å². The van der Waals surface area contributed by atoms with Crippen LogP contribution >= 0.6 is 0 Å². The highest BCUT2D eigenvalue weighted by Gasteiger charge is 2.17. The third kappa shape index (κ3) is 7.06. The summed E-state index contributed by atoms with van der Waals surface area (Å²) in [6.45, 7) is -0.438. The molecule has 0 heterocycles. The smallest absolute Gasteiger partial charge is 0.343 e. The molecule has 1 aromatic rings. The van der Waals surface area contributed by atoms with Gasteiger partial charge in [0.05, 0.1) is 24.9 Å². The van der Waals surface area contributed by atoms with Crippen LogP contribution in [0.3, 0.4) is 0 Å². The highest BCUT2D eigenvalue weighted by atomic mass is 32.2. The van der Waals surface area contributed by atoms with Gasteiger partial charge in [0, 0.05) is 6.07 Å². The molecule has 0 aliphatic carbocycles. The van der Waals surface area contributed by atoms with Crippen LogP contribution in [0.2, 0.25) is 0 Å². The van der Waals surface area contributed by atoms with Crippen LogP contribution in [-0.2, 0) is 30.3 Å². The van der Waals surface area contributed by atoms with Crippen molar-refractivity contribution in [3.05, 3.63) is 33.9 Å². The van der Waals surface area contributed by atoms with Crippen LogP contribution in [0.25, 0.3) is 0 Å². The molecule has 0 bridgehead atoms. The molecular formula is C13H17NO8S. The SMILES string of the molecule is COC(=O)COc1ccc(CCCOS(C)(=O)=O)cc1[N+](=O)[O-]. The third-order valence-electron chi connectivity index (χ3n) is 2.70. The Morgan fingerprint density at radius 2 is 2.04 bits per heavy atom. The highest BCUT2D eigenvalue weighted by molar-refractivity contribution is 7.85. The van der Waals surface area contributed by atoms with Gasteiger partial charge in [-0.15, -0.1) is 0 Å². The number of nitro benzene ring substituents is 1. The Balaban J connectivity index is 2.71. The number of nitrogens with zero attached hydrogens (tertiary/aromatic N) is 1. The van der Waals surface area contributed by atoms with Gasteiger partial charge in [0.15, 0.2) is 12.4 Å². The van der Waals surface area contributed by atoms with Crippen molar-refractivity contribution in [2.75, 3.05) is 26.6 Å². The topological polar surface area (TPSA) is 122 Å². The molecule has 0 saturated heterocycles. The molecule has 0 radical (unpaired) electrons. The summed E-state index contributed by atoms with van der Waals surface area (Å²) in [5.74, 6) is -0.696. The lowest BCUT2D eigenvalue weighted by Gasteiger charge is -2.07. The van der Waals surface area contributed by atoms with E-state index in [-0.39, 0.29) is 18.0 Å². The molecule has 0 fully saturated rings. The fourth-order valence-corrected chi connectivity index (χ4v) is 2.09. The molecule has 10 heteroatoms. The minimum absolute atomic E-state index is 0.00672. The van der Waals surface area contributed by atoms with E-state index in [1.54, 1.807) is 6.07 Å². The number of nitro groups is 1. The van der Waals surface area contributed by atoms with Crippen molar-refractivity contribution in [2.24, 2.45) is 0 Å². The van der Waals surface area contributed by atoms with Gasteiger partial charge in [-0.25, -0.2) is 4.79 Å². The average molecular weight is 347 g/mol. The number of methoxy groups -OCH3 is 1. The number of hydrogen-bond donors (Lipinski definition) is 0. The molecule has 0 aromatic heterocycles. The van der Waals surface area contributed by atoms with Gasteiger partial charge in [0.25, 0.3) is 10.1 Å². The van der Waals surface area contributed by atoms with Crippen LogP contribution in [0.4, 0.5) is 5.69 Å². The first-order valence-electron chi connectivity index (χ1n) is 6.54. The van der Waals surface area contributed by atoms with Crippen molar-refractivity contribution in [3.8, 4) is 5.75 Å². The van der Waals surface area contributed by atoms with Crippen molar-refractivity contribution in [1.82, 2.24) is 0 Å². The summed E-state index contributed by atoms with van der Waals surface area (Å²) >= 11 is 0. The van der Waals surface area contributed by atoms with Crippen LogP contribution in [0.15, 0.2) is 18.2 Å². The normalized spacial score (nSPS) is 11.0. The van der Waals surface area contributed by atoms with Gasteiger partial charge in [-0.1, -0.05) is 6.07 Å². The van der Waals surface area contributed by atoms with E-state index < -0.39 is 27.6 Å². The van der Waals surface area contributed by atoms with E-state index in [0.717, 1.165) is 6.26 Å². The maximum absolute atomic E-state index is 11.1. The van der Waals surface area contributed by atoms with Crippen molar-refractivity contribution in [3.63, 3.8) is 0 Å². The first kappa shape index (κ1) is 18.8. The molecule has 1 rings (SSSR count).